The van der Waals surface area contributed by atoms with Crippen molar-refractivity contribution in [3.8, 4) is 0 Å². The van der Waals surface area contributed by atoms with Gasteiger partial charge in [-0.1, -0.05) is 50.5 Å². The largest absolute Gasteiger partial charge is 0.266 e. The first-order valence-electron chi connectivity index (χ1n) is 8.29. The van der Waals surface area contributed by atoms with Crippen LogP contribution in [0, 0.1) is 5.92 Å². The van der Waals surface area contributed by atoms with Crippen LogP contribution in [0.5, 0.6) is 0 Å². The Balaban J connectivity index is 1.84. The van der Waals surface area contributed by atoms with Gasteiger partial charge in [0.1, 0.15) is 0 Å². The van der Waals surface area contributed by atoms with Gasteiger partial charge < -0.3 is 0 Å². The molecule has 1 fully saturated rings. The zero-order valence-corrected chi connectivity index (χ0v) is 13.0. The second kappa shape index (κ2) is 8.31. The summed E-state index contributed by atoms with van der Waals surface area (Å²) >= 11 is 0. The first-order chi connectivity index (χ1) is 10.2. The molecule has 0 aliphatic heterocycles. The van der Waals surface area contributed by atoms with Crippen LogP contribution in [0.3, 0.4) is 0 Å². The van der Waals surface area contributed by atoms with E-state index in [4.69, 9.17) is 0 Å². The summed E-state index contributed by atoms with van der Waals surface area (Å²) in [5.41, 5.74) is 2.35. The molecular weight excluding hydrogens is 266 g/mol. The molecule has 0 spiro atoms. The molecule has 0 unspecified atom stereocenters. The minimum absolute atomic E-state index is 0.326. The molecule has 0 heterocycles. The lowest BCUT2D eigenvalue weighted by molar-refractivity contribution is 0.304. The van der Waals surface area contributed by atoms with Gasteiger partial charge in [-0.05, 0) is 61.1 Å². The molecule has 2 heteroatoms. The first kappa shape index (κ1) is 16.2. The van der Waals surface area contributed by atoms with Gasteiger partial charge in [-0.15, -0.1) is 0 Å². The third-order valence-electron chi connectivity index (χ3n) is 4.76. The summed E-state index contributed by atoms with van der Waals surface area (Å²) in [6, 6.07) is 8.27. The molecule has 21 heavy (non-hydrogen) atoms. The van der Waals surface area contributed by atoms with E-state index in [-0.39, 0.29) is 0 Å². The van der Waals surface area contributed by atoms with Crippen molar-refractivity contribution >= 4 is 0 Å². The lowest BCUT2D eigenvalue weighted by Crippen LogP contribution is -2.13. The quantitative estimate of drug-likeness (QED) is 0.563. The van der Waals surface area contributed by atoms with Gasteiger partial charge in [0, 0.05) is 0 Å². The van der Waals surface area contributed by atoms with Crippen LogP contribution in [-0.2, 0) is 6.42 Å². The van der Waals surface area contributed by atoms with Crippen molar-refractivity contribution in [3.05, 3.63) is 47.5 Å². The summed E-state index contributed by atoms with van der Waals surface area (Å²) in [6.07, 6.45) is 9.04. The third kappa shape index (κ3) is 5.26. The number of rotatable bonds is 6. The molecule has 2 rings (SSSR count). The summed E-state index contributed by atoms with van der Waals surface area (Å²) in [7, 11) is 0. The Morgan fingerprint density at radius 1 is 1.10 bits per heavy atom. The summed E-state index contributed by atoms with van der Waals surface area (Å²) < 4.78 is 24.2. The number of hydrogen-bond donors (Lipinski definition) is 0. The van der Waals surface area contributed by atoms with Gasteiger partial charge in [0.25, 0.3) is 6.08 Å². The van der Waals surface area contributed by atoms with Crippen molar-refractivity contribution in [3.63, 3.8) is 0 Å². The summed E-state index contributed by atoms with van der Waals surface area (Å²) in [5.74, 6) is 1.60. The number of hydrogen-bond acceptors (Lipinski definition) is 0. The minimum atomic E-state index is -1.59. The van der Waals surface area contributed by atoms with Crippen LogP contribution >= 0.6 is 0 Å². The maximum Gasteiger partial charge on any atom is 0.266 e. The Morgan fingerprint density at radius 3 is 2.33 bits per heavy atom. The zero-order valence-electron chi connectivity index (χ0n) is 13.0. The SMILES string of the molecule is CCCCC1CCC(c2ccc(CC=C(F)F)cc2)CC1. The number of benzene rings is 1. The molecule has 0 saturated heterocycles. The van der Waals surface area contributed by atoms with Crippen LogP contribution < -0.4 is 0 Å². The summed E-state index contributed by atoms with van der Waals surface area (Å²) in [5, 5.41) is 0. The molecule has 0 bridgehead atoms. The number of unbranched alkanes of at least 4 members (excludes halogenated alkanes) is 1. The number of halogens is 2. The fraction of sp³-hybridized carbons (Fsp3) is 0.579. The highest BCUT2D eigenvalue weighted by Crippen LogP contribution is 2.37. The van der Waals surface area contributed by atoms with Gasteiger partial charge in [0.15, 0.2) is 0 Å². The fourth-order valence-electron chi connectivity index (χ4n) is 3.40. The normalized spacial score (nSPS) is 22.0. The molecule has 0 nitrogen and oxygen atoms in total. The van der Waals surface area contributed by atoms with Gasteiger partial charge >= 0.3 is 0 Å². The van der Waals surface area contributed by atoms with E-state index in [0.29, 0.717) is 12.3 Å². The summed E-state index contributed by atoms with van der Waals surface area (Å²) in [4.78, 5) is 0. The van der Waals surface area contributed by atoms with Crippen LogP contribution in [0.25, 0.3) is 0 Å². The van der Waals surface area contributed by atoms with Crippen LogP contribution in [0.4, 0.5) is 8.78 Å². The van der Waals surface area contributed by atoms with Gasteiger partial charge in [-0.25, -0.2) is 0 Å². The predicted octanol–water partition coefficient (Wildman–Crippen LogP) is 6.47. The average molecular weight is 292 g/mol. The Kier molecular flexibility index (Phi) is 6.41. The molecule has 1 aromatic carbocycles. The van der Waals surface area contributed by atoms with Crippen molar-refractivity contribution < 1.29 is 8.78 Å². The Bertz CT molecular complexity index is 435. The number of allylic oxidation sites excluding steroid dienone is 1. The van der Waals surface area contributed by atoms with Crippen molar-refractivity contribution in [1.82, 2.24) is 0 Å². The maximum atomic E-state index is 12.1. The predicted molar refractivity (Wildman–Crippen MR) is 84.7 cm³/mol. The van der Waals surface area contributed by atoms with Crippen molar-refractivity contribution in [2.75, 3.05) is 0 Å². The molecule has 0 amide bonds. The van der Waals surface area contributed by atoms with Crippen LogP contribution in [0.1, 0.15) is 68.9 Å². The minimum Gasteiger partial charge on any atom is -0.174 e. The van der Waals surface area contributed by atoms with Crippen molar-refractivity contribution in [2.45, 2.75) is 64.2 Å². The molecule has 0 atom stereocenters. The second-order valence-electron chi connectivity index (χ2n) is 6.30. The molecule has 1 aliphatic carbocycles. The Hall–Kier alpha value is -1.18. The molecule has 1 saturated carbocycles. The Labute approximate surface area is 127 Å². The molecular formula is C19H26F2. The lowest BCUT2D eigenvalue weighted by atomic mass is 9.77. The van der Waals surface area contributed by atoms with Crippen LogP contribution in [0.15, 0.2) is 36.4 Å². The molecule has 1 aromatic rings. The molecule has 1 aliphatic rings. The van der Waals surface area contributed by atoms with E-state index in [1.165, 1.54) is 50.5 Å². The maximum absolute atomic E-state index is 12.1. The van der Waals surface area contributed by atoms with E-state index in [1.54, 1.807) is 0 Å². The van der Waals surface area contributed by atoms with E-state index >= 15 is 0 Å². The van der Waals surface area contributed by atoms with E-state index in [1.807, 2.05) is 12.1 Å². The molecule has 0 radical (unpaired) electrons. The Morgan fingerprint density at radius 2 is 1.76 bits per heavy atom. The average Bonchev–Trinajstić information content (AvgIpc) is 2.52. The van der Waals surface area contributed by atoms with Gasteiger partial charge in [-0.3, -0.25) is 0 Å². The molecule has 116 valence electrons. The van der Waals surface area contributed by atoms with E-state index in [9.17, 15) is 8.78 Å². The first-order valence-corrected chi connectivity index (χ1v) is 8.29. The van der Waals surface area contributed by atoms with Crippen molar-refractivity contribution in [2.24, 2.45) is 5.92 Å². The fourth-order valence-corrected chi connectivity index (χ4v) is 3.40. The highest BCUT2D eigenvalue weighted by atomic mass is 19.3. The van der Waals surface area contributed by atoms with Gasteiger partial charge in [0.05, 0.1) is 0 Å². The standard InChI is InChI=1S/C19H26F2/c1-2-3-4-15-5-10-17(11-6-15)18-12-7-16(8-13-18)9-14-19(20)21/h7-8,12-15,17H,2-6,9-11H2,1H3. The lowest BCUT2D eigenvalue weighted by Gasteiger charge is -2.29. The highest BCUT2D eigenvalue weighted by molar-refractivity contribution is 5.27. The highest BCUT2D eigenvalue weighted by Gasteiger charge is 2.21. The monoisotopic (exact) mass is 292 g/mol. The van der Waals surface area contributed by atoms with Crippen LogP contribution in [-0.4, -0.2) is 0 Å². The van der Waals surface area contributed by atoms with E-state index < -0.39 is 6.08 Å². The molecule has 0 N–H and O–H groups in total. The zero-order chi connectivity index (χ0) is 15.1. The van der Waals surface area contributed by atoms with E-state index in [0.717, 1.165) is 17.6 Å². The molecule has 0 aromatic heterocycles. The van der Waals surface area contributed by atoms with Gasteiger partial charge in [-0.2, -0.15) is 8.78 Å². The smallest absolute Gasteiger partial charge is 0.174 e. The second-order valence-corrected chi connectivity index (χ2v) is 6.30. The third-order valence-corrected chi connectivity index (χ3v) is 4.76. The van der Waals surface area contributed by atoms with Gasteiger partial charge in [0.2, 0.25) is 0 Å². The van der Waals surface area contributed by atoms with Crippen molar-refractivity contribution in [1.29, 1.82) is 0 Å². The van der Waals surface area contributed by atoms with Crippen LogP contribution in [0.2, 0.25) is 0 Å². The topological polar surface area (TPSA) is 0 Å². The van der Waals surface area contributed by atoms with E-state index in [2.05, 4.69) is 19.1 Å². The summed E-state index contributed by atoms with van der Waals surface area (Å²) in [6.45, 7) is 2.26.